The zero-order valence-electron chi connectivity index (χ0n) is 19.1. The molecule has 3 aliphatic rings. The summed E-state index contributed by atoms with van der Waals surface area (Å²) in [5.41, 5.74) is 2.68. The molecule has 2 aliphatic heterocycles. The molecule has 1 fully saturated rings. The summed E-state index contributed by atoms with van der Waals surface area (Å²) in [4.78, 5) is 25.8. The van der Waals surface area contributed by atoms with E-state index in [0.29, 0.717) is 6.79 Å². The van der Waals surface area contributed by atoms with Crippen LogP contribution in [0.1, 0.15) is 42.2 Å². The topological polar surface area (TPSA) is 59.8 Å². The van der Waals surface area contributed by atoms with Gasteiger partial charge in [-0.15, -0.1) is 11.3 Å². The molecule has 6 rings (SSSR count). The minimum absolute atomic E-state index is 0.166. The normalized spacial score (nSPS) is 18.2. The first-order chi connectivity index (χ1) is 16.2. The first kappa shape index (κ1) is 21.0. The van der Waals surface area contributed by atoms with E-state index in [0.717, 1.165) is 86.2 Å². The molecule has 0 bridgehead atoms. The van der Waals surface area contributed by atoms with E-state index in [9.17, 15) is 4.79 Å². The first-order valence-electron chi connectivity index (χ1n) is 12.1. The van der Waals surface area contributed by atoms with E-state index in [1.54, 1.807) is 11.3 Å². The number of thiophene rings is 1. The van der Waals surface area contributed by atoms with Crippen molar-refractivity contribution in [3.05, 3.63) is 44.6 Å². The lowest BCUT2D eigenvalue weighted by Gasteiger charge is -2.36. The fourth-order valence-electron chi connectivity index (χ4n) is 5.30. The predicted octanol–water partition coefficient (Wildman–Crippen LogP) is 3.80. The summed E-state index contributed by atoms with van der Waals surface area (Å²) < 4.78 is 12.9. The SMILES string of the molecule is CCCn1c(N2CCN(Cc3ccc4c(c3)OCO4)CC2)nc2sc3c(c2c1=O)CCCC3. The molecule has 0 atom stereocenters. The molecule has 0 amide bonds. The molecule has 7 nitrogen and oxygen atoms in total. The van der Waals surface area contributed by atoms with Gasteiger partial charge in [0.2, 0.25) is 12.7 Å². The fourth-order valence-corrected chi connectivity index (χ4v) is 6.54. The molecule has 1 aromatic carbocycles. The van der Waals surface area contributed by atoms with Gasteiger partial charge in [-0.05, 0) is 55.4 Å². The maximum atomic E-state index is 13.6. The van der Waals surface area contributed by atoms with E-state index in [1.807, 2.05) is 10.6 Å². The Balaban J connectivity index is 1.23. The van der Waals surface area contributed by atoms with E-state index >= 15 is 0 Å². The molecule has 8 heteroatoms. The zero-order valence-corrected chi connectivity index (χ0v) is 20.0. The number of nitrogens with zero attached hydrogens (tertiary/aromatic N) is 4. The molecule has 2 aromatic heterocycles. The maximum absolute atomic E-state index is 13.6. The van der Waals surface area contributed by atoms with Crippen molar-refractivity contribution in [3.63, 3.8) is 0 Å². The van der Waals surface area contributed by atoms with Gasteiger partial charge in [-0.2, -0.15) is 0 Å². The van der Waals surface area contributed by atoms with Crippen LogP contribution in [0.2, 0.25) is 0 Å². The van der Waals surface area contributed by atoms with Gasteiger partial charge in [0, 0.05) is 44.1 Å². The largest absolute Gasteiger partial charge is 0.454 e. The van der Waals surface area contributed by atoms with Crippen LogP contribution in [-0.2, 0) is 25.9 Å². The van der Waals surface area contributed by atoms with Gasteiger partial charge in [0.1, 0.15) is 4.83 Å². The van der Waals surface area contributed by atoms with Crippen molar-refractivity contribution in [1.82, 2.24) is 14.5 Å². The van der Waals surface area contributed by atoms with Gasteiger partial charge in [-0.3, -0.25) is 14.3 Å². The Bertz CT molecular complexity index is 1240. The summed E-state index contributed by atoms with van der Waals surface area (Å²) in [6.45, 7) is 7.67. The minimum atomic E-state index is 0.166. The number of hydrogen-bond acceptors (Lipinski definition) is 7. The number of piperazine rings is 1. The quantitative estimate of drug-likeness (QED) is 0.570. The summed E-state index contributed by atoms with van der Waals surface area (Å²) >= 11 is 1.75. The van der Waals surface area contributed by atoms with Gasteiger partial charge in [0.05, 0.1) is 5.39 Å². The van der Waals surface area contributed by atoms with E-state index in [1.165, 1.54) is 28.8 Å². The minimum Gasteiger partial charge on any atom is -0.454 e. The van der Waals surface area contributed by atoms with Crippen molar-refractivity contribution in [2.45, 2.75) is 52.1 Å². The van der Waals surface area contributed by atoms with Crippen molar-refractivity contribution in [1.29, 1.82) is 0 Å². The number of aromatic nitrogens is 2. The summed E-state index contributed by atoms with van der Waals surface area (Å²) in [7, 11) is 0. The molecule has 4 heterocycles. The molecule has 0 radical (unpaired) electrons. The Morgan fingerprint density at radius 2 is 1.88 bits per heavy atom. The molecule has 3 aromatic rings. The van der Waals surface area contributed by atoms with Crippen LogP contribution in [0.15, 0.2) is 23.0 Å². The molecule has 0 unspecified atom stereocenters. The molecule has 0 saturated carbocycles. The lowest BCUT2D eigenvalue weighted by Crippen LogP contribution is -2.48. The molecular weight excluding hydrogens is 436 g/mol. The molecular formula is C25H30N4O3S. The highest BCUT2D eigenvalue weighted by Crippen LogP contribution is 2.35. The Kier molecular flexibility index (Phi) is 5.50. The monoisotopic (exact) mass is 466 g/mol. The lowest BCUT2D eigenvalue weighted by molar-refractivity contribution is 0.174. The van der Waals surface area contributed by atoms with Crippen molar-refractivity contribution >= 4 is 27.5 Å². The number of aryl methyl sites for hydroxylation is 2. The van der Waals surface area contributed by atoms with Crippen molar-refractivity contribution in [2.75, 3.05) is 37.9 Å². The zero-order chi connectivity index (χ0) is 22.4. The van der Waals surface area contributed by atoms with Crippen molar-refractivity contribution < 1.29 is 9.47 Å². The summed E-state index contributed by atoms with van der Waals surface area (Å²) in [5.74, 6) is 2.52. The third kappa shape index (κ3) is 3.79. The molecule has 1 saturated heterocycles. The van der Waals surface area contributed by atoms with E-state index in [-0.39, 0.29) is 5.56 Å². The van der Waals surface area contributed by atoms with Crippen LogP contribution in [-0.4, -0.2) is 47.4 Å². The smallest absolute Gasteiger partial charge is 0.263 e. The van der Waals surface area contributed by atoms with Gasteiger partial charge in [0.15, 0.2) is 11.5 Å². The van der Waals surface area contributed by atoms with E-state index < -0.39 is 0 Å². The van der Waals surface area contributed by atoms with Crippen LogP contribution < -0.4 is 19.9 Å². The number of fused-ring (bicyclic) bond motifs is 4. The maximum Gasteiger partial charge on any atom is 0.263 e. The second-order valence-electron chi connectivity index (χ2n) is 9.21. The molecule has 1 aliphatic carbocycles. The van der Waals surface area contributed by atoms with Crippen LogP contribution >= 0.6 is 11.3 Å². The van der Waals surface area contributed by atoms with Crippen molar-refractivity contribution in [3.8, 4) is 11.5 Å². The Morgan fingerprint density at radius 1 is 1.06 bits per heavy atom. The Morgan fingerprint density at radius 3 is 2.73 bits per heavy atom. The van der Waals surface area contributed by atoms with Gasteiger partial charge < -0.3 is 14.4 Å². The summed E-state index contributed by atoms with van der Waals surface area (Å²) in [6, 6.07) is 6.20. The second-order valence-corrected chi connectivity index (χ2v) is 10.3. The fraction of sp³-hybridized carbons (Fsp3) is 0.520. The van der Waals surface area contributed by atoms with Crippen molar-refractivity contribution in [2.24, 2.45) is 0 Å². The van der Waals surface area contributed by atoms with Crippen LogP contribution in [0.3, 0.4) is 0 Å². The van der Waals surface area contributed by atoms with E-state index in [4.69, 9.17) is 14.5 Å². The standard InChI is InChI=1S/C25H30N4O3S/c1-2-9-29-24(30)22-18-5-3-4-6-21(18)33-23(22)26-25(29)28-12-10-27(11-13-28)15-17-7-8-19-20(14-17)32-16-31-19/h7-8,14H,2-6,9-13,15-16H2,1H3. The van der Waals surface area contributed by atoms with E-state index in [2.05, 4.69) is 28.9 Å². The first-order valence-corrected chi connectivity index (χ1v) is 12.9. The second kappa shape index (κ2) is 8.65. The predicted molar refractivity (Wildman–Crippen MR) is 131 cm³/mol. The number of benzene rings is 1. The number of rotatable bonds is 5. The van der Waals surface area contributed by atoms with Crippen LogP contribution in [0.5, 0.6) is 11.5 Å². The average molecular weight is 467 g/mol. The molecule has 174 valence electrons. The molecule has 33 heavy (non-hydrogen) atoms. The van der Waals surface area contributed by atoms with Crippen LogP contribution in [0.25, 0.3) is 10.2 Å². The highest BCUT2D eigenvalue weighted by atomic mass is 32.1. The van der Waals surface area contributed by atoms with Gasteiger partial charge in [-0.1, -0.05) is 13.0 Å². The number of ether oxygens (including phenoxy) is 2. The third-order valence-corrected chi connectivity index (χ3v) is 8.19. The molecule has 0 spiro atoms. The number of hydrogen-bond donors (Lipinski definition) is 0. The van der Waals surface area contributed by atoms with Crippen LogP contribution in [0, 0.1) is 0 Å². The highest BCUT2D eigenvalue weighted by molar-refractivity contribution is 7.18. The van der Waals surface area contributed by atoms with Gasteiger partial charge in [0.25, 0.3) is 5.56 Å². The third-order valence-electron chi connectivity index (χ3n) is 7.00. The van der Waals surface area contributed by atoms with Gasteiger partial charge in [-0.25, -0.2) is 4.98 Å². The lowest BCUT2D eigenvalue weighted by atomic mass is 9.97. The average Bonchev–Trinajstić information content (AvgIpc) is 3.45. The highest BCUT2D eigenvalue weighted by Gasteiger charge is 2.26. The molecule has 0 N–H and O–H groups in total. The Hall–Kier alpha value is -2.58. The van der Waals surface area contributed by atoms with Gasteiger partial charge >= 0.3 is 0 Å². The summed E-state index contributed by atoms with van der Waals surface area (Å²) in [6.07, 6.45) is 5.45. The Labute approximate surface area is 197 Å². The number of anilines is 1. The summed E-state index contributed by atoms with van der Waals surface area (Å²) in [5, 5.41) is 0.897. The van der Waals surface area contributed by atoms with Crippen LogP contribution in [0.4, 0.5) is 5.95 Å².